The van der Waals surface area contributed by atoms with E-state index in [1.54, 1.807) is 6.92 Å². The van der Waals surface area contributed by atoms with E-state index in [9.17, 15) is 0 Å². The van der Waals surface area contributed by atoms with Gasteiger partial charge in [0, 0.05) is 24.5 Å². The van der Waals surface area contributed by atoms with E-state index in [4.69, 9.17) is 9.51 Å². The number of aromatic nitrogens is 7. The van der Waals surface area contributed by atoms with Crippen LogP contribution in [0.15, 0.2) is 22.9 Å². The number of fused-ring (bicyclic) bond motifs is 1. The molecule has 0 radical (unpaired) electrons. The first-order chi connectivity index (χ1) is 14.2. The van der Waals surface area contributed by atoms with Gasteiger partial charge in [0.2, 0.25) is 17.7 Å². The molecule has 0 aliphatic heterocycles. The molecular formula is C20H22N8O. The van der Waals surface area contributed by atoms with Gasteiger partial charge in [0.05, 0.1) is 11.4 Å². The summed E-state index contributed by atoms with van der Waals surface area (Å²) in [5, 5.41) is 15.8. The molecule has 1 aliphatic carbocycles. The summed E-state index contributed by atoms with van der Waals surface area (Å²) < 4.78 is 5.04. The molecule has 148 valence electrons. The van der Waals surface area contributed by atoms with E-state index >= 15 is 0 Å². The van der Waals surface area contributed by atoms with Crippen LogP contribution in [0.5, 0.6) is 0 Å². The van der Waals surface area contributed by atoms with E-state index in [2.05, 4.69) is 35.6 Å². The van der Waals surface area contributed by atoms with Gasteiger partial charge in [-0.05, 0) is 37.5 Å². The fourth-order valence-corrected chi connectivity index (χ4v) is 3.80. The van der Waals surface area contributed by atoms with Gasteiger partial charge in [-0.1, -0.05) is 24.4 Å². The monoisotopic (exact) mass is 390 g/mol. The van der Waals surface area contributed by atoms with Crippen molar-refractivity contribution in [2.75, 3.05) is 5.32 Å². The lowest BCUT2D eigenvalue weighted by atomic mass is 9.96. The van der Waals surface area contributed by atoms with Crippen LogP contribution in [0.3, 0.4) is 0 Å². The first kappa shape index (κ1) is 17.7. The van der Waals surface area contributed by atoms with Gasteiger partial charge < -0.3 is 9.84 Å². The molecule has 29 heavy (non-hydrogen) atoms. The van der Waals surface area contributed by atoms with E-state index in [1.807, 2.05) is 25.3 Å². The Kier molecular flexibility index (Phi) is 4.42. The molecule has 0 bridgehead atoms. The largest absolute Gasteiger partial charge is 0.351 e. The molecule has 4 aromatic heterocycles. The maximum atomic E-state index is 5.04. The Morgan fingerprint density at radius 2 is 1.93 bits per heavy atom. The summed E-state index contributed by atoms with van der Waals surface area (Å²) in [5.41, 5.74) is 3.83. The van der Waals surface area contributed by atoms with Crippen LogP contribution in [0, 0.1) is 13.8 Å². The number of aryl methyl sites for hydroxylation is 2. The first-order valence-electron chi connectivity index (χ1n) is 9.94. The first-order valence-corrected chi connectivity index (χ1v) is 9.94. The Morgan fingerprint density at radius 3 is 2.72 bits per heavy atom. The van der Waals surface area contributed by atoms with Gasteiger partial charge in [0.1, 0.15) is 5.69 Å². The van der Waals surface area contributed by atoms with Crippen molar-refractivity contribution in [2.24, 2.45) is 0 Å². The predicted octanol–water partition coefficient (Wildman–Crippen LogP) is 3.83. The molecule has 1 fully saturated rings. The minimum atomic E-state index is 0.445. The van der Waals surface area contributed by atoms with Crippen LogP contribution in [-0.2, 0) is 0 Å². The topological polar surface area (TPSA) is 118 Å². The Balaban J connectivity index is 1.49. The normalized spacial score (nSPS) is 15.1. The van der Waals surface area contributed by atoms with Crippen LogP contribution in [0.2, 0.25) is 0 Å². The van der Waals surface area contributed by atoms with E-state index in [1.165, 1.54) is 32.1 Å². The number of anilines is 1. The highest BCUT2D eigenvalue weighted by atomic mass is 16.5. The highest BCUT2D eigenvalue weighted by Gasteiger charge is 2.18. The average molecular weight is 390 g/mol. The summed E-state index contributed by atoms with van der Waals surface area (Å²) in [7, 11) is 0. The maximum Gasteiger partial charge on any atom is 0.223 e. The quantitative estimate of drug-likeness (QED) is 0.540. The zero-order chi connectivity index (χ0) is 19.8. The summed E-state index contributed by atoms with van der Waals surface area (Å²) in [6.45, 7) is 3.74. The fourth-order valence-electron chi connectivity index (χ4n) is 3.80. The Morgan fingerprint density at radius 1 is 1.07 bits per heavy atom. The molecule has 0 unspecified atom stereocenters. The minimum Gasteiger partial charge on any atom is -0.351 e. The van der Waals surface area contributed by atoms with E-state index in [0.29, 0.717) is 35.0 Å². The lowest BCUT2D eigenvalue weighted by Crippen LogP contribution is -2.23. The van der Waals surface area contributed by atoms with E-state index < -0.39 is 0 Å². The molecule has 4 heterocycles. The number of rotatable bonds is 4. The molecule has 0 amide bonds. The third kappa shape index (κ3) is 3.43. The van der Waals surface area contributed by atoms with Crippen molar-refractivity contribution in [3.8, 4) is 22.9 Å². The fraction of sp³-hybridized carbons (Fsp3) is 0.400. The second kappa shape index (κ2) is 7.23. The van der Waals surface area contributed by atoms with Crippen LogP contribution in [0.1, 0.15) is 43.6 Å². The molecule has 2 N–H and O–H groups in total. The number of hydrogen-bond donors (Lipinski definition) is 2. The van der Waals surface area contributed by atoms with Gasteiger partial charge in [0.25, 0.3) is 0 Å². The lowest BCUT2D eigenvalue weighted by molar-refractivity contribution is 0.394. The van der Waals surface area contributed by atoms with Gasteiger partial charge >= 0.3 is 0 Å². The number of nitrogens with zero attached hydrogens (tertiary/aromatic N) is 6. The molecule has 0 aromatic carbocycles. The van der Waals surface area contributed by atoms with Gasteiger partial charge in [-0.15, -0.1) is 0 Å². The zero-order valence-electron chi connectivity index (χ0n) is 16.4. The smallest absolute Gasteiger partial charge is 0.223 e. The van der Waals surface area contributed by atoms with Gasteiger partial charge in [-0.3, -0.25) is 5.10 Å². The summed E-state index contributed by atoms with van der Waals surface area (Å²) in [4.78, 5) is 18.1. The molecule has 9 heteroatoms. The minimum absolute atomic E-state index is 0.445. The van der Waals surface area contributed by atoms with Crippen molar-refractivity contribution < 1.29 is 4.52 Å². The molecule has 4 aromatic rings. The van der Waals surface area contributed by atoms with Crippen molar-refractivity contribution in [3.63, 3.8) is 0 Å². The number of H-pyrrole nitrogens is 1. The number of nitrogens with one attached hydrogen (secondary N) is 2. The van der Waals surface area contributed by atoms with Crippen molar-refractivity contribution in [2.45, 2.75) is 52.0 Å². The molecule has 0 spiro atoms. The van der Waals surface area contributed by atoms with Gasteiger partial charge in [-0.2, -0.15) is 10.1 Å². The zero-order valence-corrected chi connectivity index (χ0v) is 16.4. The maximum absolute atomic E-state index is 5.04. The van der Waals surface area contributed by atoms with Crippen molar-refractivity contribution in [1.82, 2.24) is 35.3 Å². The van der Waals surface area contributed by atoms with Crippen LogP contribution in [0.4, 0.5) is 5.95 Å². The second-order valence-corrected chi connectivity index (χ2v) is 7.51. The summed E-state index contributed by atoms with van der Waals surface area (Å²) >= 11 is 0. The molecule has 1 aliphatic rings. The average Bonchev–Trinajstić information content (AvgIpc) is 3.36. The number of hydrogen-bond acceptors (Lipinski definition) is 8. The SMILES string of the molecule is Cc1nc(-c2ccc3c(-c4nc(NC5CCCCC5)ncc4C)[nH]nc3n2)no1. The van der Waals surface area contributed by atoms with E-state index in [0.717, 1.165) is 22.3 Å². The third-order valence-corrected chi connectivity index (χ3v) is 5.32. The molecule has 5 rings (SSSR count). The Hall–Kier alpha value is -3.36. The molecule has 1 saturated carbocycles. The number of pyridine rings is 1. The summed E-state index contributed by atoms with van der Waals surface area (Å²) in [6.07, 6.45) is 8.02. The van der Waals surface area contributed by atoms with Crippen molar-refractivity contribution >= 4 is 17.0 Å². The lowest BCUT2D eigenvalue weighted by Gasteiger charge is -2.22. The van der Waals surface area contributed by atoms with Crippen LogP contribution >= 0.6 is 0 Å². The second-order valence-electron chi connectivity index (χ2n) is 7.51. The Bertz CT molecular complexity index is 1160. The van der Waals surface area contributed by atoms with E-state index in [-0.39, 0.29) is 0 Å². The highest BCUT2D eigenvalue weighted by Crippen LogP contribution is 2.29. The molecule has 0 saturated heterocycles. The van der Waals surface area contributed by atoms with Crippen molar-refractivity contribution in [1.29, 1.82) is 0 Å². The van der Waals surface area contributed by atoms with Crippen LogP contribution in [-0.4, -0.2) is 41.3 Å². The summed E-state index contributed by atoms with van der Waals surface area (Å²) in [6, 6.07) is 4.27. The standard InChI is InChI=1S/C20H22N8O/c1-11-10-21-20(23-13-6-4-3-5-7-13)25-16(11)17-14-8-9-15(24-18(14)27-26-17)19-22-12(2)29-28-19/h8-10,13H,3-7H2,1-2H3,(H,21,23,25)(H,24,26,27). The highest BCUT2D eigenvalue weighted by molar-refractivity contribution is 5.91. The molecular weight excluding hydrogens is 368 g/mol. The van der Waals surface area contributed by atoms with Gasteiger partial charge in [0.15, 0.2) is 5.65 Å². The van der Waals surface area contributed by atoms with Crippen LogP contribution < -0.4 is 5.32 Å². The summed E-state index contributed by atoms with van der Waals surface area (Å²) in [5.74, 6) is 1.61. The Labute approximate surface area is 167 Å². The van der Waals surface area contributed by atoms with Crippen LogP contribution in [0.25, 0.3) is 33.9 Å². The predicted molar refractivity (Wildman–Crippen MR) is 108 cm³/mol. The third-order valence-electron chi connectivity index (χ3n) is 5.32. The van der Waals surface area contributed by atoms with Crippen molar-refractivity contribution in [3.05, 3.63) is 29.8 Å². The number of aromatic amines is 1. The van der Waals surface area contributed by atoms with Gasteiger partial charge in [-0.25, -0.2) is 15.0 Å². The molecule has 0 atom stereocenters. The molecule has 9 nitrogen and oxygen atoms in total.